The lowest BCUT2D eigenvalue weighted by molar-refractivity contribution is 0.0638. The number of rotatable bonds is 5. The van der Waals surface area contributed by atoms with Crippen LogP contribution in [-0.4, -0.2) is 64.1 Å². The predicted octanol–water partition coefficient (Wildman–Crippen LogP) is 0.332. The quantitative estimate of drug-likeness (QED) is 0.718. The maximum Gasteiger partial charge on any atom is 0.0673 e. The third kappa shape index (κ3) is 4.93. The van der Waals surface area contributed by atoms with Gasteiger partial charge in [0.1, 0.15) is 0 Å². The highest BCUT2D eigenvalue weighted by Gasteiger charge is 2.17. The zero-order valence-corrected chi connectivity index (χ0v) is 10.2. The number of ether oxygens (including phenoxy) is 2. The van der Waals surface area contributed by atoms with Crippen molar-refractivity contribution in [1.82, 2.24) is 10.2 Å². The van der Waals surface area contributed by atoms with Gasteiger partial charge in [-0.1, -0.05) is 0 Å². The average Bonchev–Trinajstić information content (AvgIpc) is 2.42. The summed E-state index contributed by atoms with van der Waals surface area (Å²) in [4.78, 5) is 2.46. The average molecular weight is 216 g/mol. The van der Waals surface area contributed by atoms with E-state index in [-0.39, 0.29) is 0 Å². The van der Waals surface area contributed by atoms with Crippen molar-refractivity contribution in [3.05, 3.63) is 0 Å². The van der Waals surface area contributed by atoms with Gasteiger partial charge in [-0.3, -0.25) is 4.90 Å². The van der Waals surface area contributed by atoms with Crippen LogP contribution < -0.4 is 5.32 Å². The third-order valence-corrected chi connectivity index (χ3v) is 2.79. The number of methoxy groups -OCH3 is 1. The molecule has 0 aromatic heterocycles. The Kier molecular flexibility index (Phi) is 6.17. The zero-order valence-electron chi connectivity index (χ0n) is 10.2. The minimum absolute atomic E-state index is 0.354. The van der Waals surface area contributed by atoms with E-state index in [0.717, 1.165) is 39.3 Å². The molecule has 90 valence electrons. The van der Waals surface area contributed by atoms with Crippen molar-refractivity contribution in [1.29, 1.82) is 0 Å². The Balaban J connectivity index is 2.33. The fourth-order valence-electron chi connectivity index (χ4n) is 1.99. The molecule has 0 aromatic rings. The van der Waals surface area contributed by atoms with Gasteiger partial charge < -0.3 is 14.8 Å². The molecule has 1 fully saturated rings. The van der Waals surface area contributed by atoms with E-state index in [1.54, 1.807) is 7.11 Å². The van der Waals surface area contributed by atoms with Gasteiger partial charge in [0.05, 0.1) is 12.7 Å². The minimum atomic E-state index is 0.354. The Morgan fingerprint density at radius 1 is 1.60 bits per heavy atom. The summed E-state index contributed by atoms with van der Waals surface area (Å²) in [6.07, 6.45) is 1.49. The lowest BCUT2D eigenvalue weighted by atomic mass is 10.2. The fourth-order valence-corrected chi connectivity index (χ4v) is 1.99. The first-order valence-corrected chi connectivity index (χ1v) is 5.76. The fraction of sp³-hybridized carbons (Fsp3) is 1.00. The van der Waals surface area contributed by atoms with E-state index in [9.17, 15) is 0 Å². The summed E-state index contributed by atoms with van der Waals surface area (Å²) in [5.41, 5.74) is 0. The summed E-state index contributed by atoms with van der Waals surface area (Å²) in [5.74, 6) is 0. The van der Waals surface area contributed by atoms with Crippen LogP contribution in [0.2, 0.25) is 0 Å². The topological polar surface area (TPSA) is 33.7 Å². The predicted molar refractivity (Wildman–Crippen MR) is 61.2 cm³/mol. The molecule has 15 heavy (non-hydrogen) atoms. The highest BCUT2D eigenvalue weighted by molar-refractivity contribution is 4.73. The maximum atomic E-state index is 5.61. The first-order valence-electron chi connectivity index (χ1n) is 5.76. The third-order valence-electron chi connectivity index (χ3n) is 2.79. The first-order chi connectivity index (χ1) is 7.26. The standard InChI is InChI=1S/C11H24N2O2/c1-10-7-13(5-4-6-15-10)8-11(12-2)9-14-3/h10-12H,4-9H2,1-3H3. The van der Waals surface area contributed by atoms with Crippen molar-refractivity contribution >= 4 is 0 Å². The largest absolute Gasteiger partial charge is 0.383 e. The molecule has 0 aliphatic carbocycles. The van der Waals surface area contributed by atoms with E-state index in [4.69, 9.17) is 9.47 Å². The maximum absolute atomic E-state index is 5.61. The van der Waals surface area contributed by atoms with Gasteiger partial charge >= 0.3 is 0 Å². The molecule has 0 saturated carbocycles. The van der Waals surface area contributed by atoms with Crippen molar-refractivity contribution in [3.63, 3.8) is 0 Å². The number of hydrogen-bond acceptors (Lipinski definition) is 4. The van der Waals surface area contributed by atoms with Crippen LogP contribution >= 0.6 is 0 Å². The Labute approximate surface area is 92.9 Å². The van der Waals surface area contributed by atoms with E-state index in [0.29, 0.717) is 12.1 Å². The zero-order chi connectivity index (χ0) is 11.1. The summed E-state index contributed by atoms with van der Waals surface area (Å²) in [6, 6.07) is 0.417. The molecule has 2 atom stereocenters. The molecule has 2 unspecified atom stereocenters. The van der Waals surface area contributed by atoms with Crippen LogP contribution in [0.5, 0.6) is 0 Å². The normalized spacial score (nSPS) is 26.2. The monoisotopic (exact) mass is 216 g/mol. The smallest absolute Gasteiger partial charge is 0.0673 e. The van der Waals surface area contributed by atoms with Crippen LogP contribution in [0.4, 0.5) is 0 Å². The molecule has 0 aromatic carbocycles. The van der Waals surface area contributed by atoms with E-state index < -0.39 is 0 Å². The lowest BCUT2D eigenvalue weighted by Gasteiger charge is -2.26. The SMILES string of the molecule is CNC(COC)CN1CCCOC(C)C1. The van der Waals surface area contributed by atoms with Crippen LogP contribution in [-0.2, 0) is 9.47 Å². The highest BCUT2D eigenvalue weighted by Crippen LogP contribution is 2.05. The molecule has 4 nitrogen and oxygen atoms in total. The van der Waals surface area contributed by atoms with E-state index in [1.807, 2.05) is 7.05 Å². The molecule has 0 radical (unpaired) electrons. The summed E-state index contributed by atoms with van der Waals surface area (Å²) < 4.78 is 10.8. The van der Waals surface area contributed by atoms with E-state index in [1.165, 1.54) is 0 Å². The Hall–Kier alpha value is -0.160. The molecule has 1 N–H and O–H groups in total. The van der Waals surface area contributed by atoms with Gasteiger partial charge in [0.2, 0.25) is 0 Å². The number of nitrogens with one attached hydrogen (secondary N) is 1. The summed E-state index contributed by atoms with van der Waals surface area (Å²) in [6.45, 7) is 7.00. The molecule has 0 bridgehead atoms. The van der Waals surface area contributed by atoms with Gasteiger partial charge in [0.25, 0.3) is 0 Å². The second kappa shape index (κ2) is 7.17. The molecule has 1 heterocycles. The van der Waals surface area contributed by atoms with Crippen molar-refractivity contribution < 1.29 is 9.47 Å². The van der Waals surface area contributed by atoms with Crippen LogP contribution in [0, 0.1) is 0 Å². The Morgan fingerprint density at radius 2 is 2.40 bits per heavy atom. The molecule has 4 heteroatoms. The molecule has 0 spiro atoms. The first kappa shape index (κ1) is 12.9. The van der Waals surface area contributed by atoms with Gasteiger partial charge in [0, 0.05) is 39.4 Å². The molecular formula is C11H24N2O2. The van der Waals surface area contributed by atoms with Gasteiger partial charge in [-0.25, -0.2) is 0 Å². The van der Waals surface area contributed by atoms with E-state index >= 15 is 0 Å². The van der Waals surface area contributed by atoms with Gasteiger partial charge in [-0.2, -0.15) is 0 Å². The van der Waals surface area contributed by atoms with Crippen molar-refractivity contribution in [2.75, 3.05) is 47.0 Å². The highest BCUT2D eigenvalue weighted by atomic mass is 16.5. The molecule has 1 aliphatic rings. The molecule has 1 saturated heterocycles. The van der Waals surface area contributed by atoms with Crippen molar-refractivity contribution in [3.8, 4) is 0 Å². The van der Waals surface area contributed by atoms with Gasteiger partial charge in [-0.05, 0) is 20.4 Å². The number of likely N-dealkylation sites (N-methyl/N-ethyl adjacent to an activating group) is 1. The summed E-state index contributed by atoms with van der Waals surface area (Å²) >= 11 is 0. The van der Waals surface area contributed by atoms with Gasteiger partial charge in [0.15, 0.2) is 0 Å². The van der Waals surface area contributed by atoms with Crippen molar-refractivity contribution in [2.45, 2.75) is 25.5 Å². The second-order valence-corrected chi connectivity index (χ2v) is 4.24. The Morgan fingerprint density at radius 3 is 3.07 bits per heavy atom. The lowest BCUT2D eigenvalue weighted by Crippen LogP contribution is -2.44. The van der Waals surface area contributed by atoms with Crippen LogP contribution in [0.3, 0.4) is 0 Å². The molecule has 0 amide bonds. The van der Waals surface area contributed by atoms with E-state index in [2.05, 4.69) is 17.1 Å². The van der Waals surface area contributed by atoms with Gasteiger partial charge in [-0.15, -0.1) is 0 Å². The van der Waals surface area contributed by atoms with Crippen LogP contribution in [0.15, 0.2) is 0 Å². The number of nitrogens with zero attached hydrogens (tertiary/aromatic N) is 1. The van der Waals surface area contributed by atoms with Crippen molar-refractivity contribution in [2.24, 2.45) is 0 Å². The number of hydrogen-bond donors (Lipinski definition) is 1. The van der Waals surface area contributed by atoms with Crippen LogP contribution in [0.25, 0.3) is 0 Å². The summed E-state index contributed by atoms with van der Waals surface area (Å²) in [5, 5.41) is 3.28. The summed E-state index contributed by atoms with van der Waals surface area (Å²) in [7, 11) is 3.74. The Bertz CT molecular complexity index is 167. The second-order valence-electron chi connectivity index (χ2n) is 4.24. The van der Waals surface area contributed by atoms with Crippen LogP contribution in [0.1, 0.15) is 13.3 Å². The molecule has 1 aliphatic heterocycles. The molecular weight excluding hydrogens is 192 g/mol. The molecule has 1 rings (SSSR count). The minimum Gasteiger partial charge on any atom is -0.383 e.